The first-order valence-electron chi connectivity index (χ1n) is 6.49. The van der Waals surface area contributed by atoms with E-state index in [0.717, 1.165) is 28.9 Å². The maximum absolute atomic E-state index is 12.8. The molecule has 2 aromatic rings. The van der Waals surface area contributed by atoms with E-state index in [1.54, 1.807) is 11.0 Å². The highest BCUT2D eigenvalue weighted by atomic mass is 79.9. The van der Waals surface area contributed by atoms with Gasteiger partial charge < -0.3 is 0 Å². The van der Waals surface area contributed by atoms with Crippen LogP contribution in [-0.2, 0) is 11.2 Å². The number of hydrogen-bond donors (Lipinski definition) is 0. The molecule has 104 valence electrons. The zero-order chi connectivity index (χ0) is 14.8. The summed E-state index contributed by atoms with van der Waals surface area (Å²) >= 11 is 6.50. The SMILES string of the molecule is O=C1c2cccc3c2N(C(=O)C1(Br)Br)c1ccccc1C3. The summed E-state index contributed by atoms with van der Waals surface area (Å²) in [7, 11) is 0. The lowest BCUT2D eigenvalue weighted by Crippen LogP contribution is -2.50. The van der Waals surface area contributed by atoms with Crippen molar-refractivity contribution < 1.29 is 9.59 Å². The number of ketones is 1. The van der Waals surface area contributed by atoms with Gasteiger partial charge in [0, 0.05) is 12.0 Å². The first kappa shape index (κ1) is 13.2. The normalized spacial score (nSPS) is 18.3. The third-order valence-corrected chi connectivity index (χ3v) is 5.36. The average molecular weight is 407 g/mol. The van der Waals surface area contributed by atoms with Crippen LogP contribution in [-0.4, -0.2) is 14.9 Å². The lowest BCUT2D eigenvalue weighted by atomic mass is 9.88. The molecule has 0 N–H and O–H groups in total. The minimum Gasteiger partial charge on any atom is -0.291 e. The molecular formula is C16H9Br2NO2. The quantitative estimate of drug-likeness (QED) is 0.490. The van der Waals surface area contributed by atoms with E-state index in [9.17, 15) is 9.59 Å². The second-order valence-corrected chi connectivity index (χ2v) is 8.61. The summed E-state index contributed by atoms with van der Waals surface area (Å²) in [5.41, 5.74) is 4.22. The Kier molecular flexibility index (Phi) is 2.69. The van der Waals surface area contributed by atoms with Crippen molar-refractivity contribution in [2.75, 3.05) is 4.90 Å². The summed E-state index contributed by atoms with van der Waals surface area (Å²) in [5, 5.41) is 0. The molecule has 0 saturated carbocycles. The third kappa shape index (κ3) is 1.64. The molecule has 0 unspecified atom stereocenters. The van der Waals surface area contributed by atoms with Crippen LogP contribution in [0.3, 0.4) is 0 Å². The van der Waals surface area contributed by atoms with Gasteiger partial charge in [0.1, 0.15) is 0 Å². The first-order valence-corrected chi connectivity index (χ1v) is 8.07. The Hall–Kier alpha value is -1.46. The number of rotatable bonds is 0. The Morgan fingerprint density at radius 3 is 2.48 bits per heavy atom. The molecule has 0 aromatic heterocycles. The maximum atomic E-state index is 12.8. The van der Waals surface area contributed by atoms with E-state index in [4.69, 9.17) is 0 Å². The number of carbonyl (C=O) groups is 2. The highest BCUT2D eigenvalue weighted by molar-refractivity contribution is 9.26. The van der Waals surface area contributed by atoms with Crippen molar-refractivity contribution in [3.8, 4) is 0 Å². The van der Waals surface area contributed by atoms with Crippen molar-refractivity contribution in [3.63, 3.8) is 0 Å². The van der Waals surface area contributed by atoms with Crippen LogP contribution in [0.25, 0.3) is 0 Å². The number of fused-ring (bicyclic) bond motifs is 2. The van der Waals surface area contributed by atoms with Crippen molar-refractivity contribution in [1.29, 1.82) is 0 Å². The van der Waals surface area contributed by atoms with Gasteiger partial charge in [-0.15, -0.1) is 0 Å². The van der Waals surface area contributed by atoms with Crippen LogP contribution in [0.15, 0.2) is 42.5 Å². The predicted molar refractivity (Wildman–Crippen MR) is 87.8 cm³/mol. The first-order chi connectivity index (χ1) is 10.0. The summed E-state index contributed by atoms with van der Waals surface area (Å²) in [4.78, 5) is 27.0. The minimum absolute atomic E-state index is 0.250. The maximum Gasteiger partial charge on any atom is 0.267 e. The Bertz CT molecular complexity index is 814. The summed E-state index contributed by atoms with van der Waals surface area (Å²) < 4.78 is -1.39. The van der Waals surface area contributed by atoms with Gasteiger partial charge in [-0.3, -0.25) is 14.5 Å². The van der Waals surface area contributed by atoms with E-state index in [1.165, 1.54) is 0 Å². The van der Waals surface area contributed by atoms with Gasteiger partial charge in [-0.25, -0.2) is 0 Å². The summed E-state index contributed by atoms with van der Waals surface area (Å²) in [6, 6.07) is 13.4. The van der Waals surface area contributed by atoms with E-state index >= 15 is 0 Å². The number of para-hydroxylation sites is 2. The second-order valence-electron chi connectivity index (χ2n) is 5.16. The minimum atomic E-state index is -1.39. The molecule has 1 amide bonds. The molecular weight excluding hydrogens is 398 g/mol. The molecule has 5 heteroatoms. The lowest BCUT2D eigenvalue weighted by Gasteiger charge is -2.40. The summed E-state index contributed by atoms with van der Waals surface area (Å²) in [6.45, 7) is 0. The number of benzene rings is 2. The van der Waals surface area contributed by atoms with Crippen molar-refractivity contribution in [2.45, 2.75) is 9.65 Å². The smallest absolute Gasteiger partial charge is 0.267 e. The Morgan fingerprint density at radius 1 is 0.952 bits per heavy atom. The molecule has 4 rings (SSSR count). The van der Waals surface area contributed by atoms with Crippen LogP contribution in [0.2, 0.25) is 0 Å². The van der Waals surface area contributed by atoms with Gasteiger partial charge in [0.2, 0.25) is 9.02 Å². The van der Waals surface area contributed by atoms with Crippen LogP contribution in [0.4, 0.5) is 11.4 Å². The third-order valence-electron chi connectivity index (χ3n) is 3.96. The van der Waals surface area contributed by atoms with Gasteiger partial charge in [-0.2, -0.15) is 0 Å². The monoisotopic (exact) mass is 405 g/mol. The molecule has 0 bridgehead atoms. The van der Waals surface area contributed by atoms with Crippen molar-refractivity contribution in [2.24, 2.45) is 0 Å². The molecule has 3 nitrogen and oxygen atoms in total. The van der Waals surface area contributed by atoms with Crippen LogP contribution < -0.4 is 4.90 Å². The zero-order valence-corrected chi connectivity index (χ0v) is 13.9. The molecule has 0 spiro atoms. The Labute approximate surface area is 138 Å². The molecule has 2 aliphatic rings. The number of anilines is 2. The van der Waals surface area contributed by atoms with Crippen molar-refractivity contribution in [3.05, 3.63) is 59.2 Å². The molecule has 0 fully saturated rings. The topological polar surface area (TPSA) is 37.4 Å². The van der Waals surface area contributed by atoms with E-state index in [-0.39, 0.29) is 11.7 Å². The largest absolute Gasteiger partial charge is 0.291 e. The number of carbonyl (C=O) groups excluding carboxylic acids is 2. The molecule has 2 heterocycles. The molecule has 0 radical (unpaired) electrons. The lowest BCUT2D eigenvalue weighted by molar-refractivity contribution is -0.117. The Balaban J connectivity index is 2.09. The summed E-state index contributed by atoms with van der Waals surface area (Å²) in [5.74, 6) is -0.556. The van der Waals surface area contributed by atoms with Gasteiger partial charge in [0.05, 0.1) is 11.4 Å². The standard InChI is InChI=1S/C16H9Br2NO2/c17-16(18)14(20)11-6-3-5-10-8-9-4-1-2-7-12(9)19(13(10)11)15(16)21/h1-7H,8H2. The van der Waals surface area contributed by atoms with E-state index < -0.39 is 3.23 Å². The van der Waals surface area contributed by atoms with E-state index in [2.05, 4.69) is 31.9 Å². The van der Waals surface area contributed by atoms with E-state index in [1.807, 2.05) is 36.4 Å². The van der Waals surface area contributed by atoms with Gasteiger partial charge in [-0.1, -0.05) is 62.2 Å². The fraction of sp³-hybridized carbons (Fsp3) is 0.125. The van der Waals surface area contributed by atoms with Gasteiger partial charge in [0.25, 0.3) is 5.91 Å². The molecule has 0 atom stereocenters. The average Bonchev–Trinajstić information content (AvgIpc) is 2.49. The Morgan fingerprint density at radius 2 is 1.67 bits per heavy atom. The molecule has 21 heavy (non-hydrogen) atoms. The number of hydrogen-bond acceptors (Lipinski definition) is 2. The van der Waals surface area contributed by atoms with Crippen molar-refractivity contribution >= 4 is 54.9 Å². The van der Waals surface area contributed by atoms with Gasteiger partial charge >= 0.3 is 0 Å². The predicted octanol–water partition coefficient (Wildman–Crippen LogP) is 3.94. The van der Waals surface area contributed by atoms with Gasteiger partial charge in [0.15, 0.2) is 0 Å². The fourth-order valence-corrected chi connectivity index (χ4v) is 3.78. The number of amides is 1. The number of halogens is 2. The number of nitrogens with zero attached hydrogens (tertiary/aromatic N) is 1. The molecule has 0 saturated heterocycles. The number of alkyl halides is 2. The highest BCUT2D eigenvalue weighted by Gasteiger charge is 2.51. The fourth-order valence-electron chi connectivity index (χ4n) is 3.00. The highest BCUT2D eigenvalue weighted by Crippen LogP contribution is 2.49. The summed E-state index contributed by atoms with van der Waals surface area (Å²) in [6.07, 6.45) is 0.730. The molecule has 0 aliphatic carbocycles. The van der Waals surface area contributed by atoms with Gasteiger partial charge in [-0.05, 0) is 23.3 Å². The van der Waals surface area contributed by atoms with E-state index in [0.29, 0.717) is 5.56 Å². The zero-order valence-electron chi connectivity index (χ0n) is 10.8. The van der Waals surface area contributed by atoms with Crippen LogP contribution >= 0.6 is 31.9 Å². The van der Waals surface area contributed by atoms with Crippen LogP contribution in [0, 0.1) is 0 Å². The van der Waals surface area contributed by atoms with Crippen LogP contribution in [0.5, 0.6) is 0 Å². The molecule has 2 aromatic carbocycles. The second kappa shape index (κ2) is 4.27. The van der Waals surface area contributed by atoms with Crippen LogP contribution in [0.1, 0.15) is 21.5 Å². The number of Topliss-reactive ketones (excluding diaryl/α,β-unsaturated/α-hetero) is 1. The van der Waals surface area contributed by atoms with Crippen molar-refractivity contribution in [1.82, 2.24) is 0 Å². The molecule has 2 aliphatic heterocycles.